The molecule has 2 aliphatic heterocycles. The van der Waals surface area contributed by atoms with Gasteiger partial charge in [-0.25, -0.2) is 23.3 Å². The van der Waals surface area contributed by atoms with Crippen molar-refractivity contribution >= 4 is 121 Å². The van der Waals surface area contributed by atoms with Crippen molar-refractivity contribution in [3.05, 3.63) is 104 Å². The van der Waals surface area contributed by atoms with Gasteiger partial charge in [0.25, 0.3) is 11.5 Å². The van der Waals surface area contributed by atoms with Gasteiger partial charge in [-0.3, -0.25) is 33.9 Å². The van der Waals surface area contributed by atoms with E-state index < -0.39 is 96.5 Å². The van der Waals surface area contributed by atoms with Gasteiger partial charge in [0.15, 0.2) is 5.36 Å². The van der Waals surface area contributed by atoms with E-state index in [0.717, 1.165) is 51.2 Å². The Morgan fingerprint density at radius 3 is 2.24 bits per heavy atom. The molecule has 0 saturated carbocycles. The summed E-state index contributed by atoms with van der Waals surface area (Å²) in [6.45, 7) is 9.71. The number of hydrogen-bond acceptors (Lipinski definition) is 28. The van der Waals surface area contributed by atoms with Gasteiger partial charge >= 0.3 is 62.4 Å². The molecule has 12 N–H and O–H groups in total. The van der Waals surface area contributed by atoms with E-state index in [1.54, 1.807) is 39.8 Å². The summed E-state index contributed by atoms with van der Waals surface area (Å²) in [6.07, 6.45) is 1.22. The minimum atomic E-state index is -5.80. The molecule has 3 heterocycles. The third-order valence-electron chi connectivity index (χ3n) is 13.3. The zero-order chi connectivity index (χ0) is 74.2. The predicted molar refractivity (Wildman–Crippen MR) is 368 cm³/mol. The van der Waals surface area contributed by atoms with Crippen LogP contribution in [0.3, 0.4) is 0 Å². The zero-order valence-electron chi connectivity index (χ0n) is 54.1. The molecule has 6 rings (SSSR count). The molecule has 3 aliphatic rings. The lowest BCUT2D eigenvalue weighted by Crippen LogP contribution is -2.44. The van der Waals surface area contributed by atoms with Gasteiger partial charge in [-0.15, -0.1) is 25.3 Å². The van der Waals surface area contributed by atoms with Crippen LogP contribution in [0.5, 0.6) is 0 Å². The molecule has 1 fully saturated rings. The Morgan fingerprint density at radius 2 is 1.54 bits per heavy atom. The molecular weight excluding hydrogens is 1500 g/mol. The van der Waals surface area contributed by atoms with Gasteiger partial charge in [0.2, 0.25) is 0 Å². The highest BCUT2D eigenvalue weighted by Crippen LogP contribution is 2.66. The molecule has 35 nitrogen and oxygen atoms in total. The lowest BCUT2D eigenvalue weighted by atomic mass is 9.90. The normalized spacial score (nSPS) is 15.9. The van der Waals surface area contributed by atoms with Crippen LogP contribution in [0.4, 0.5) is 10.5 Å². The molecular formula is C56H77N7O28P3S6+. The van der Waals surface area contributed by atoms with Gasteiger partial charge in [-0.2, -0.15) is 8.62 Å². The number of nitrogens with zero attached hydrogens (tertiary/aromatic N) is 1. The maximum absolute atomic E-state index is 13.3. The van der Waals surface area contributed by atoms with Gasteiger partial charge in [0, 0.05) is 90.0 Å². The number of esters is 1. The Bertz CT molecular complexity index is 4190. The molecule has 44 heteroatoms. The highest BCUT2D eigenvalue weighted by Gasteiger charge is 2.44. The number of benzene rings is 3. The summed E-state index contributed by atoms with van der Waals surface area (Å²) in [5.74, 6) is 6.37. The molecule has 3 amide bonds. The number of phosphoric ester groups is 1. The van der Waals surface area contributed by atoms with Crippen LogP contribution in [0.15, 0.2) is 74.8 Å². The van der Waals surface area contributed by atoms with Gasteiger partial charge in [-0.1, -0.05) is 55.9 Å². The second kappa shape index (κ2) is 43.3. The number of aromatic amines is 1. The summed E-state index contributed by atoms with van der Waals surface area (Å²) < 4.78 is 139. The highest BCUT2D eigenvalue weighted by molar-refractivity contribution is 8.77. The number of nitrogens with one attached hydrogen (secondary N) is 4. The monoisotopic (exact) mass is 1580 g/mol. The first-order valence-electron chi connectivity index (χ1n) is 29.8. The van der Waals surface area contributed by atoms with Gasteiger partial charge in [0.1, 0.15) is 35.2 Å². The fraction of sp³-hybridized carbons (Fsp3) is 0.500. The third-order valence-corrected chi connectivity index (χ3v) is 22.2. The van der Waals surface area contributed by atoms with Crippen molar-refractivity contribution in [3.8, 4) is 34.3 Å². The number of aromatic nitrogens is 2. The number of nitrogens with two attached hydrogens (primary N) is 2. The average Bonchev–Trinajstić information content (AvgIpc) is 0.837. The molecule has 2 aromatic carbocycles. The Labute approximate surface area is 590 Å². The Kier molecular flexibility index (Phi) is 37.4. The Balaban J connectivity index is 0.00000251. The number of carbonyl (C=O) groups is 3. The van der Waals surface area contributed by atoms with Crippen LogP contribution in [-0.4, -0.2) is 173 Å². The van der Waals surface area contributed by atoms with E-state index in [4.69, 9.17) is 94.7 Å². The fourth-order valence-electron chi connectivity index (χ4n) is 8.76. The molecule has 1 saturated heterocycles. The van der Waals surface area contributed by atoms with E-state index in [0.29, 0.717) is 98.4 Å². The van der Waals surface area contributed by atoms with E-state index in [9.17, 15) is 47.5 Å². The van der Waals surface area contributed by atoms with Crippen LogP contribution in [0.2, 0.25) is 0 Å². The molecule has 6 atom stereocenters. The largest absolute Gasteiger partial charge is 0.490 e. The number of ether oxygens (including phenoxy) is 6. The van der Waals surface area contributed by atoms with E-state index in [1.165, 1.54) is 0 Å². The molecule has 554 valence electrons. The molecule has 3 aromatic rings. The van der Waals surface area contributed by atoms with Crippen molar-refractivity contribution < 1.29 is 124 Å². The maximum Gasteiger partial charge on any atom is 0.490 e. The van der Waals surface area contributed by atoms with Crippen molar-refractivity contribution in [2.24, 2.45) is 0 Å². The van der Waals surface area contributed by atoms with E-state index in [-0.39, 0.29) is 60.7 Å². The predicted octanol–water partition coefficient (Wildman–Crippen LogP) is 2.80. The van der Waals surface area contributed by atoms with Crippen LogP contribution in [0.1, 0.15) is 93.4 Å². The van der Waals surface area contributed by atoms with Crippen molar-refractivity contribution in [2.45, 2.75) is 95.8 Å². The summed E-state index contributed by atoms with van der Waals surface area (Å²) in [6, 6.07) is 16.1. The zero-order valence-corrected chi connectivity index (χ0v) is 61.7. The number of fused-ring (bicyclic) bond motifs is 2. The number of aryl methyl sites for hydroxylation is 1. The Morgan fingerprint density at radius 1 is 0.840 bits per heavy atom. The first-order valence-corrected chi connectivity index (χ1v) is 41.1. The molecule has 1 aromatic heterocycles. The molecule has 0 radical (unpaired) electrons. The highest BCUT2D eigenvalue weighted by atomic mass is 33.1. The summed E-state index contributed by atoms with van der Waals surface area (Å²) in [5.41, 5.74) is 9.46. The van der Waals surface area contributed by atoms with E-state index in [2.05, 4.69) is 55.2 Å². The van der Waals surface area contributed by atoms with Crippen molar-refractivity contribution in [3.63, 3.8) is 0 Å². The number of H-pyrrole nitrogens is 1. The minimum Gasteiger partial charge on any atom is -0.466 e. The first kappa shape index (κ1) is 86.5. The second-order valence-electron chi connectivity index (χ2n) is 21.5. The van der Waals surface area contributed by atoms with Crippen LogP contribution in [0, 0.1) is 18.8 Å². The van der Waals surface area contributed by atoms with E-state index >= 15 is 0 Å². The number of amides is 3. The number of phosphoric acid groups is 3. The van der Waals surface area contributed by atoms with Crippen LogP contribution >= 0.6 is 45.1 Å². The quantitative estimate of drug-likeness (QED) is 0.00397. The minimum absolute atomic E-state index is 0.0343. The molecule has 100 heavy (non-hydrogen) atoms. The average molecular weight is 1580 g/mol. The number of rotatable bonds is 38. The van der Waals surface area contributed by atoms with Crippen molar-refractivity contribution in [1.82, 2.24) is 25.5 Å². The fourth-order valence-corrected chi connectivity index (χ4v) is 14.7. The second-order valence-corrected chi connectivity index (χ2v) is 32.7. The summed E-state index contributed by atoms with van der Waals surface area (Å²) in [5, 5.41) is 15.7. The van der Waals surface area contributed by atoms with Gasteiger partial charge in [-0.05, 0) is 111 Å². The van der Waals surface area contributed by atoms with Crippen LogP contribution in [0.25, 0.3) is 33.4 Å². The first-order chi connectivity index (χ1) is 47.1. The topological polar surface area (TPSA) is 525 Å². The number of nitrogen functional groups attached to an aromatic ring is 1. The number of carbonyl (C=O) groups excluding carboxylic acids is 3. The number of anilines is 1. The molecule has 1 aliphatic carbocycles. The number of hydrogen-bond donors (Lipinski definition) is 10. The van der Waals surface area contributed by atoms with Gasteiger partial charge < -0.3 is 74.1 Å². The SMILES string of the molecule is CCS(=S)CO[C@@H]1C[C@H](n2cc(C#CCNC(=O)NCCCCCOCSSC(C)(C)CCOC(=O)CCCOCCOCCNC(=O)c3ccc(C)c(-c4c5ccc(=[NH2+])cc-5oc5cc(N)ccc45)c3)c(=O)[nH]c2=O)O[C@@H]1COP(=O)(O)OP(=O)(O)OP(=O)(O)O.O=S(=O)=O.O=S(=O)=O. The molecule has 0 spiro atoms. The number of urea groups is 1. The summed E-state index contributed by atoms with van der Waals surface area (Å²) >= 11 is 5.32. The van der Waals surface area contributed by atoms with E-state index in [1.807, 2.05) is 50.2 Å². The van der Waals surface area contributed by atoms with Crippen molar-refractivity contribution in [2.75, 3.05) is 89.2 Å². The molecule has 3 unspecified atom stereocenters. The van der Waals surface area contributed by atoms with Crippen LogP contribution in [-0.2, 0) is 102 Å². The lowest BCUT2D eigenvalue weighted by Gasteiger charge is -2.22. The third kappa shape index (κ3) is 33.5. The smallest absolute Gasteiger partial charge is 0.466 e. The van der Waals surface area contributed by atoms with Crippen LogP contribution < -0.4 is 43.7 Å². The van der Waals surface area contributed by atoms with Gasteiger partial charge in [0.05, 0.1) is 57.7 Å². The molecule has 0 bridgehead atoms. The summed E-state index contributed by atoms with van der Waals surface area (Å²) in [7, 11) is -20.6. The lowest BCUT2D eigenvalue weighted by molar-refractivity contribution is -0.172. The Hall–Kier alpha value is -5.90. The van der Waals surface area contributed by atoms with Crippen molar-refractivity contribution in [1.29, 1.82) is 0 Å². The standard InChI is InChI=1S/C56H76N7O22P3S4.2O3S/c1-5-92(89)36-80-47-32-49(83-48(47)34-81-87(72,73)85-88(74,75)84-86(69,70)71)63-33-39(53(66)62-55(63)68)11-9-21-61-54(67)60-20-7-6-8-23-78-35-90-91-56(3,4)19-25-79-50(64)12-10-24-76-27-28-77-26-22-59-52(65)38-14-13-37(2)44(29-38)51-42-17-15-40(57)30-45(42)82-46-31-41(58)16-18-43(46)51;2*1-4(2)3/h13-18,29-31,33,47-49,57H,5-8,10,12,19-28,32,34-36,58H2,1-4H3,(H,59,65)(H,72,73)(H,74,75)(H2,60,61,67)(H,62,66,68)(H2,69,70,71);;/p+1/t47-,48-,49-,92?;;/m1../s1. The summed E-state index contributed by atoms with van der Waals surface area (Å²) in [4.78, 5) is 103. The number of unbranched alkanes of at least 4 members (excludes halogenated alkanes) is 2. The maximum atomic E-state index is 13.3.